The SMILES string of the molecule is Cc1nc(/C=C/C(=O)NC2CCC(CCN3CCc4nc(OCC(F)(F)F)sc4CC3)CC2)cs1. The molecular weight excluding hydrogens is 497 g/mol. The lowest BCUT2D eigenvalue weighted by Gasteiger charge is -2.30. The van der Waals surface area contributed by atoms with Gasteiger partial charge in [0.25, 0.3) is 5.19 Å². The molecule has 0 atom stereocenters. The van der Waals surface area contributed by atoms with E-state index in [1.54, 1.807) is 23.5 Å². The smallest absolute Gasteiger partial charge is 0.422 e. The standard InChI is InChI=1S/C24H31F3N4O2S2/c1-16-28-19(14-34-16)6-7-22(32)29-18-4-2-17(3-5-18)8-11-31-12-9-20-21(10-13-31)35-23(30-20)33-15-24(25,26)27/h6-7,14,17-18H,2-5,8-13,15H2,1H3,(H,29,32)/b7-6+. The number of nitrogens with zero attached hydrogens (tertiary/aromatic N) is 3. The zero-order valence-electron chi connectivity index (χ0n) is 19.8. The number of carbonyl (C=O) groups excluding carboxylic acids is 1. The zero-order valence-corrected chi connectivity index (χ0v) is 21.4. The van der Waals surface area contributed by atoms with Gasteiger partial charge in [-0.2, -0.15) is 13.2 Å². The molecule has 6 nitrogen and oxygen atoms in total. The number of nitrogens with one attached hydrogen (secondary N) is 1. The fourth-order valence-corrected chi connectivity index (χ4v) is 6.17. The Morgan fingerprint density at radius 2 is 2.00 bits per heavy atom. The second-order valence-corrected chi connectivity index (χ2v) is 11.3. The number of rotatable bonds is 8. The number of alkyl halides is 3. The monoisotopic (exact) mass is 528 g/mol. The van der Waals surface area contributed by atoms with Crippen molar-refractivity contribution in [1.82, 2.24) is 20.2 Å². The molecule has 0 bridgehead atoms. The van der Waals surface area contributed by atoms with Crippen molar-refractivity contribution in [3.05, 3.63) is 32.7 Å². The predicted molar refractivity (Wildman–Crippen MR) is 132 cm³/mol. The summed E-state index contributed by atoms with van der Waals surface area (Å²) in [5, 5.41) is 6.17. The first-order valence-electron chi connectivity index (χ1n) is 12.0. The van der Waals surface area contributed by atoms with Crippen molar-refractivity contribution in [3.8, 4) is 5.19 Å². The molecule has 1 fully saturated rings. The van der Waals surface area contributed by atoms with E-state index >= 15 is 0 Å². The second kappa shape index (κ2) is 11.8. The molecule has 3 heterocycles. The normalized spacial score (nSPS) is 21.6. The van der Waals surface area contributed by atoms with E-state index in [1.165, 1.54) is 11.3 Å². The van der Waals surface area contributed by atoms with Crippen LogP contribution in [-0.2, 0) is 17.6 Å². The average Bonchev–Trinajstić information content (AvgIpc) is 3.36. The van der Waals surface area contributed by atoms with E-state index in [1.807, 2.05) is 12.3 Å². The maximum atomic E-state index is 12.4. The van der Waals surface area contributed by atoms with Crippen LogP contribution in [0.2, 0.25) is 0 Å². The van der Waals surface area contributed by atoms with Gasteiger partial charge in [-0.1, -0.05) is 11.3 Å². The Bertz CT molecular complexity index is 987. The van der Waals surface area contributed by atoms with Crippen LogP contribution in [0.5, 0.6) is 5.19 Å². The van der Waals surface area contributed by atoms with Crippen LogP contribution in [0.15, 0.2) is 11.5 Å². The van der Waals surface area contributed by atoms with Crippen molar-refractivity contribution in [2.24, 2.45) is 5.92 Å². The molecule has 0 unspecified atom stereocenters. The summed E-state index contributed by atoms with van der Waals surface area (Å²) >= 11 is 2.81. The summed E-state index contributed by atoms with van der Waals surface area (Å²) in [6.45, 7) is 3.43. The summed E-state index contributed by atoms with van der Waals surface area (Å²) in [7, 11) is 0. The largest absolute Gasteiger partial charge is 0.460 e. The molecule has 192 valence electrons. The summed E-state index contributed by atoms with van der Waals surface area (Å²) in [5.41, 5.74) is 1.70. The van der Waals surface area contributed by atoms with E-state index < -0.39 is 12.8 Å². The number of hydrogen-bond acceptors (Lipinski definition) is 7. The van der Waals surface area contributed by atoms with Crippen LogP contribution in [0.4, 0.5) is 13.2 Å². The van der Waals surface area contributed by atoms with Crippen LogP contribution in [0, 0.1) is 12.8 Å². The number of amides is 1. The molecule has 1 saturated carbocycles. The average molecular weight is 529 g/mol. The molecule has 2 aromatic heterocycles. The first-order valence-corrected chi connectivity index (χ1v) is 13.7. The van der Waals surface area contributed by atoms with Gasteiger partial charge in [-0.3, -0.25) is 4.79 Å². The highest BCUT2D eigenvalue weighted by atomic mass is 32.1. The van der Waals surface area contributed by atoms with Gasteiger partial charge in [0.2, 0.25) is 5.91 Å². The molecule has 4 rings (SSSR count). The first kappa shape index (κ1) is 26.1. The third kappa shape index (κ3) is 8.28. The maximum absolute atomic E-state index is 12.4. The number of hydrogen-bond donors (Lipinski definition) is 1. The fraction of sp³-hybridized carbons (Fsp3) is 0.625. The summed E-state index contributed by atoms with van der Waals surface area (Å²) in [4.78, 5) is 24.3. The number of ether oxygens (including phenoxy) is 1. The molecule has 0 spiro atoms. The van der Waals surface area contributed by atoms with Gasteiger partial charge in [0.15, 0.2) is 6.61 Å². The zero-order chi connectivity index (χ0) is 24.8. The lowest BCUT2D eigenvalue weighted by Crippen LogP contribution is -2.37. The van der Waals surface area contributed by atoms with Crippen LogP contribution in [-0.4, -0.2) is 59.2 Å². The Labute approximate surface area is 211 Å². The number of fused-ring (bicyclic) bond motifs is 1. The Morgan fingerprint density at radius 3 is 2.71 bits per heavy atom. The highest BCUT2D eigenvalue weighted by molar-refractivity contribution is 7.13. The number of halogens is 3. The van der Waals surface area contributed by atoms with E-state index in [0.29, 0.717) is 5.92 Å². The maximum Gasteiger partial charge on any atom is 0.422 e. The lowest BCUT2D eigenvalue weighted by molar-refractivity contribution is -0.153. The minimum absolute atomic E-state index is 0.0586. The lowest BCUT2D eigenvalue weighted by atomic mass is 9.84. The molecule has 0 radical (unpaired) electrons. The van der Waals surface area contributed by atoms with Crippen molar-refractivity contribution < 1.29 is 22.7 Å². The van der Waals surface area contributed by atoms with Crippen molar-refractivity contribution >= 4 is 34.7 Å². The molecule has 1 amide bonds. The molecule has 1 aliphatic heterocycles. The highest BCUT2D eigenvalue weighted by Gasteiger charge is 2.30. The van der Waals surface area contributed by atoms with Crippen molar-refractivity contribution in [2.45, 2.75) is 64.1 Å². The van der Waals surface area contributed by atoms with Crippen molar-refractivity contribution in [2.75, 3.05) is 26.2 Å². The van der Waals surface area contributed by atoms with Crippen LogP contribution in [0.25, 0.3) is 6.08 Å². The topological polar surface area (TPSA) is 67.4 Å². The molecule has 1 aliphatic carbocycles. The van der Waals surface area contributed by atoms with Gasteiger partial charge >= 0.3 is 6.18 Å². The number of aryl methyl sites for hydroxylation is 1. The van der Waals surface area contributed by atoms with E-state index in [9.17, 15) is 18.0 Å². The van der Waals surface area contributed by atoms with Crippen LogP contribution < -0.4 is 10.1 Å². The third-order valence-electron chi connectivity index (χ3n) is 6.53. The van der Waals surface area contributed by atoms with Crippen LogP contribution in [0.3, 0.4) is 0 Å². The Morgan fingerprint density at radius 1 is 1.23 bits per heavy atom. The molecule has 0 saturated heterocycles. The molecule has 35 heavy (non-hydrogen) atoms. The summed E-state index contributed by atoms with van der Waals surface area (Å²) in [6.07, 6.45) is 5.89. The minimum atomic E-state index is -4.34. The van der Waals surface area contributed by atoms with Gasteiger partial charge in [0.1, 0.15) is 0 Å². The fourth-order valence-electron chi connectivity index (χ4n) is 4.64. The van der Waals surface area contributed by atoms with Gasteiger partial charge in [-0.05, 0) is 64.0 Å². The van der Waals surface area contributed by atoms with Gasteiger partial charge in [0.05, 0.1) is 16.4 Å². The number of carbonyl (C=O) groups is 1. The molecular formula is C24H31F3N4O2S2. The summed E-state index contributed by atoms with van der Waals surface area (Å²) in [5.74, 6) is 0.603. The quantitative estimate of drug-likeness (QED) is 0.487. The first-order chi connectivity index (χ1) is 16.7. The molecule has 11 heteroatoms. The van der Waals surface area contributed by atoms with E-state index in [4.69, 9.17) is 4.74 Å². The number of thiazole rings is 2. The summed E-state index contributed by atoms with van der Waals surface area (Å²) in [6, 6.07) is 0.231. The van der Waals surface area contributed by atoms with Gasteiger partial charge < -0.3 is 15.0 Å². The molecule has 0 aromatic carbocycles. The van der Waals surface area contributed by atoms with Gasteiger partial charge in [-0.15, -0.1) is 11.3 Å². The Hall–Kier alpha value is -1.98. The van der Waals surface area contributed by atoms with E-state index in [0.717, 1.165) is 85.9 Å². The third-order valence-corrected chi connectivity index (χ3v) is 8.39. The second-order valence-electron chi connectivity index (χ2n) is 9.23. The summed E-state index contributed by atoms with van der Waals surface area (Å²) < 4.78 is 41.9. The predicted octanol–water partition coefficient (Wildman–Crippen LogP) is 5.03. The van der Waals surface area contributed by atoms with Crippen LogP contribution >= 0.6 is 22.7 Å². The van der Waals surface area contributed by atoms with Crippen molar-refractivity contribution in [1.29, 1.82) is 0 Å². The van der Waals surface area contributed by atoms with Crippen molar-refractivity contribution in [3.63, 3.8) is 0 Å². The Kier molecular flexibility index (Phi) is 8.82. The molecule has 2 aromatic rings. The highest BCUT2D eigenvalue weighted by Crippen LogP contribution is 2.31. The van der Waals surface area contributed by atoms with Crippen LogP contribution in [0.1, 0.15) is 53.4 Å². The number of aromatic nitrogens is 2. The molecule has 2 aliphatic rings. The minimum Gasteiger partial charge on any atom is -0.460 e. The molecule has 1 N–H and O–H groups in total. The van der Waals surface area contributed by atoms with Gasteiger partial charge in [-0.25, -0.2) is 9.97 Å². The van der Waals surface area contributed by atoms with E-state index in [-0.39, 0.29) is 17.1 Å². The van der Waals surface area contributed by atoms with Gasteiger partial charge in [0, 0.05) is 41.9 Å². The van der Waals surface area contributed by atoms with E-state index in [2.05, 4.69) is 20.2 Å². The Balaban J connectivity index is 1.13.